The van der Waals surface area contributed by atoms with Gasteiger partial charge in [-0.1, -0.05) is 42.5 Å². The average molecular weight is 453 g/mol. The van der Waals surface area contributed by atoms with Crippen molar-refractivity contribution >= 4 is 27.9 Å². The molecule has 3 aromatic carbocycles. The number of ether oxygens (including phenoxy) is 1. The Labute approximate surface area is 196 Å². The van der Waals surface area contributed by atoms with Crippen LogP contribution in [0.25, 0.3) is 27.9 Å². The maximum atomic E-state index is 11.6. The third-order valence-electron chi connectivity index (χ3n) is 5.64. The van der Waals surface area contributed by atoms with Gasteiger partial charge in [-0.15, -0.1) is 0 Å². The first kappa shape index (κ1) is 21.6. The van der Waals surface area contributed by atoms with Crippen molar-refractivity contribution in [3.63, 3.8) is 0 Å². The first-order chi connectivity index (χ1) is 16.7. The molecule has 2 N–H and O–H groups in total. The Kier molecular flexibility index (Phi) is 5.93. The number of methoxy groups -OCH3 is 1. The molecule has 170 valence electrons. The maximum Gasteiger partial charge on any atom is 0.209 e. The van der Waals surface area contributed by atoms with Crippen LogP contribution in [0.4, 0.5) is 0 Å². The highest BCUT2D eigenvalue weighted by atomic mass is 16.5. The van der Waals surface area contributed by atoms with Gasteiger partial charge in [-0.2, -0.15) is 0 Å². The van der Waals surface area contributed by atoms with Crippen LogP contribution in [0, 0.1) is 0 Å². The molecule has 0 fully saturated rings. The van der Waals surface area contributed by atoms with Crippen molar-refractivity contribution in [2.45, 2.75) is 6.42 Å². The van der Waals surface area contributed by atoms with Gasteiger partial charge < -0.3 is 14.9 Å². The van der Waals surface area contributed by atoms with E-state index in [4.69, 9.17) is 19.7 Å². The molecule has 0 aliphatic heterocycles. The van der Waals surface area contributed by atoms with Crippen molar-refractivity contribution in [2.75, 3.05) is 20.3 Å². The monoisotopic (exact) mass is 452 g/mol. The summed E-state index contributed by atoms with van der Waals surface area (Å²) in [6.07, 6.45) is 0.517. The van der Waals surface area contributed by atoms with Crippen molar-refractivity contribution in [1.29, 1.82) is 0 Å². The van der Waals surface area contributed by atoms with Crippen molar-refractivity contribution in [3.05, 3.63) is 90.0 Å². The highest BCUT2D eigenvalue weighted by molar-refractivity contribution is 6.20. The Morgan fingerprint density at radius 3 is 2.26 bits per heavy atom. The summed E-state index contributed by atoms with van der Waals surface area (Å²) in [6, 6.07) is 24.7. The lowest BCUT2D eigenvalue weighted by Gasteiger charge is -2.09. The molecule has 0 saturated heterocycles. The molecule has 0 aliphatic rings. The number of hydrogen-bond donors (Lipinski definition) is 2. The lowest BCUT2D eigenvalue weighted by atomic mass is 10.0. The second kappa shape index (κ2) is 9.33. The second-order valence-electron chi connectivity index (χ2n) is 7.79. The minimum Gasteiger partial charge on any atom is -0.497 e. The Hall–Kier alpha value is -4.23. The molecule has 0 saturated carbocycles. The maximum absolute atomic E-state index is 11.6. The molecule has 0 aliphatic carbocycles. The molecule has 0 amide bonds. The standard InChI is InChI=1S/C27H24N4O3/c1-34-20-14-12-19(13-15-20)31-26-25(29-21-10-5-6-11-22(21)30-26)23(27(31)33)24(28-16-7-17-32)18-8-3-2-4-9-18/h2-6,8-15,32-33H,7,16-17H2,1H3. The van der Waals surface area contributed by atoms with Gasteiger partial charge in [0.25, 0.3) is 0 Å². The zero-order valence-electron chi connectivity index (χ0n) is 18.7. The summed E-state index contributed by atoms with van der Waals surface area (Å²) >= 11 is 0. The smallest absolute Gasteiger partial charge is 0.209 e. The normalized spacial score (nSPS) is 11.9. The highest BCUT2D eigenvalue weighted by Crippen LogP contribution is 2.36. The first-order valence-electron chi connectivity index (χ1n) is 11.1. The average Bonchev–Trinajstić information content (AvgIpc) is 3.16. The number of aliphatic hydroxyl groups is 1. The molecule has 2 heterocycles. The molecular weight excluding hydrogens is 428 g/mol. The molecule has 0 bridgehead atoms. The van der Waals surface area contributed by atoms with Crippen LogP contribution in [0.15, 0.2) is 83.9 Å². The molecule has 5 aromatic rings. The fourth-order valence-corrected chi connectivity index (χ4v) is 4.00. The molecule has 0 spiro atoms. The lowest BCUT2D eigenvalue weighted by molar-refractivity contribution is 0.291. The Morgan fingerprint density at radius 1 is 0.912 bits per heavy atom. The largest absolute Gasteiger partial charge is 0.497 e. The van der Waals surface area contributed by atoms with Crippen LogP contribution in [-0.2, 0) is 0 Å². The summed E-state index contributed by atoms with van der Waals surface area (Å²) < 4.78 is 6.99. The Morgan fingerprint density at radius 2 is 1.59 bits per heavy atom. The van der Waals surface area contributed by atoms with E-state index in [1.807, 2.05) is 78.9 Å². The van der Waals surface area contributed by atoms with E-state index in [1.165, 1.54) is 0 Å². The number of benzene rings is 3. The number of aromatic hydroxyl groups is 1. The first-order valence-corrected chi connectivity index (χ1v) is 11.1. The topological polar surface area (TPSA) is 92.8 Å². The number of rotatable bonds is 7. The summed E-state index contributed by atoms with van der Waals surface area (Å²) in [5.74, 6) is 0.717. The van der Waals surface area contributed by atoms with Crippen molar-refractivity contribution in [2.24, 2.45) is 4.99 Å². The van der Waals surface area contributed by atoms with Crippen molar-refractivity contribution in [1.82, 2.24) is 14.5 Å². The lowest BCUT2D eigenvalue weighted by Crippen LogP contribution is -2.06. The van der Waals surface area contributed by atoms with Gasteiger partial charge in [-0.25, -0.2) is 9.97 Å². The predicted molar refractivity (Wildman–Crippen MR) is 133 cm³/mol. The molecule has 7 nitrogen and oxygen atoms in total. The summed E-state index contributed by atoms with van der Waals surface area (Å²) in [6.45, 7) is 0.450. The third-order valence-corrected chi connectivity index (χ3v) is 5.64. The second-order valence-corrected chi connectivity index (χ2v) is 7.79. The van der Waals surface area contributed by atoms with Gasteiger partial charge >= 0.3 is 0 Å². The predicted octanol–water partition coefficient (Wildman–Crippen LogP) is 4.51. The summed E-state index contributed by atoms with van der Waals surface area (Å²) in [7, 11) is 1.61. The van der Waals surface area contributed by atoms with Gasteiger partial charge in [0.1, 0.15) is 11.3 Å². The van der Waals surface area contributed by atoms with E-state index in [0.717, 1.165) is 22.3 Å². The molecule has 0 atom stereocenters. The van der Waals surface area contributed by atoms with Gasteiger partial charge in [0.05, 0.1) is 35.1 Å². The Balaban J connectivity index is 1.83. The number of para-hydroxylation sites is 2. The van der Waals surface area contributed by atoms with Gasteiger partial charge in [0.2, 0.25) is 5.88 Å². The van der Waals surface area contributed by atoms with Crippen LogP contribution >= 0.6 is 0 Å². The van der Waals surface area contributed by atoms with Crippen LogP contribution in [0.1, 0.15) is 17.5 Å². The number of nitrogens with zero attached hydrogens (tertiary/aromatic N) is 4. The molecule has 2 aromatic heterocycles. The molecule has 7 heteroatoms. The fourth-order valence-electron chi connectivity index (χ4n) is 4.00. The number of hydrogen-bond acceptors (Lipinski definition) is 6. The van der Waals surface area contributed by atoms with E-state index in [0.29, 0.717) is 41.2 Å². The van der Waals surface area contributed by atoms with Gasteiger partial charge in [-0.05, 0) is 42.8 Å². The molecule has 34 heavy (non-hydrogen) atoms. The van der Waals surface area contributed by atoms with E-state index in [2.05, 4.69) is 0 Å². The molecular formula is C27H24N4O3. The van der Waals surface area contributed by atoms with Gasteiger partial charge in [0, 0.05) is 18.7 Å². The van der Waals surface area contributed by atoms with Crippen molar-refractivity contribution < 1.29 is 14.9 Å². The zero-order valence-corrected chi connectivity index (χ0v) is 18.7. The van der Waals surface area contributed by atoms with Crippen LogP contribution in [0.2, 0.25) is 0 Å². The molecule has 0 unspecified atom stereocenters. The summed E-state index contributed by atoms with van der Waals surface area (Å²) in [4.78, 5) is 14.5. The van der Waals surface area contributed by atoms with Crippen molar-refractivity contribution in [3.8, 4) is 17.3 Å². The van der Waals surface area contributed by atoms with Crippen LogP contribution < -0.4 is 4.74 Å². The van der Waals surface area contributed by atoms with Crippen LogP contribution in [0.3, 0.4) is 0 Å². The quantitative estimate of drug-likeness (QED) is 0.280. The highest BCUT2D eigenvalue weighted by Gasteiger charge is 2.25. The van der Waals surface area contributed by atoms with E-state index in [9.17, 15) is 10.2 Å². The number of aromatic nitrogens is 3. The number of aliphatic imine (C=N–C) groups is 1. The minimum absolute atomic E-state index is 0.00192. The van der Waals surface area contributed by atoms with Gasteiger partial charge in [-0.3, -0.25) is 9.56 Å². The minimum atomic E-state index is 0.00192. The van der Waals surface area contributed by atoms with Crippen LogP contribution in [0.5, 0.6) is 11.6 Å². The van der Waals surface area contributed by atoms with E-state index in [-0.39, 0.29) is 12.5 Å². The summed E-state index contributed by atoms with van der Waals surface area (Å²) in [5, 5.41) is 20.9. The molecule has 0 radical (unpaired) electrons. The SMILES string of the molecule is COc1ccc(-n2c(O)c(C(=NCCCO)c3ccccc3)c3nc4ccccc4nc32)cc1. The van der Waals surface area contributed by atoms with E-state index in [1.54, 1.807) is 11.7 Å². The third kappa shape index (κ3) is 3.86. The van der Waals surface area contributed by atoms with E-state index < -0.39 is 0 Å². The number of fused-ring (bicyclic) bond motifs is 2. The Bertz CT molecular complexity index is 1480. The van der Waals surface area contributed by atoms with Crippen LogP contribution in [-0.4, -0.2) is 50.7 Å². The zero-order chi connectivity index (χ0) is 23.5. The fraction of sp³-hybridized carbons (Fsp3) is 0.148. The van der Waals surface area contributed by atoms with Gasteiger partial charge in [0.15, 0.2) is 5.65 Å². The number of aliphatic hydroxyl groups excluding tert-OH is 1. The van der Waals surface area contributed by atoms with E-state index >= 15 is 0 Å². The molecule has 5 rings (SSSR count). The summed E-state index contributed by atoms with van der Waals surface area (Å²) in [5.41, 5.74) is 5.22.